The van der Waals surface area contributed by atoms with E-state index in [-0.39, 0.29) is 6.42 Å². The fourth-order valence-electron chi connectivity index (χ4n) is 1.07. The van der Waals surface area contributed by atoms with Crippen molar-refractivity contribution >= 4 is 22.0 Å². The normalized spacial score (nSPS) is 11.6. The van der Waals surface area contributed by atoms with Gasteiger partial charge in [-0.1, -0.05) is 12.1 Å². The minimum absolute atomic E-state index is 0.229. The third-order valence-corrected chi connectivity index (χ3v) is 3.19. The molecule has 0 unspecified atom stereocenters. The highest BCUT2D eigenvalue weighted by molar-refractivity contribution is 7.98. The van der Waals surface area contributed by atoms with Crippen molar-refractivity contribution in [2.24, 2.45) is 0 Å². The maximum absolute atomic E-state index is 12.2. The van der Waals surface area contributed by atoms with E-state index in [0.717, 1.165) is 10.5 Å². The van der Waals surface area contributed by atoms with Gasteiger partial charge < -0.3 is 0 Å². The predicted molar refractivity (Wildman–Crippen MR) is 56.8 cm³/mol. The molecule has 0 radical (unpaired) electrons. The van der Waals surface area contributed by atoms with Gasteiger partial charge in [0, 0.05) is 4.90 Å². The average molecular weight is 234 g/mol. The van der Waals surface area contributed by atoms with Crippen molar-refractivity contribution in [1.29, 1.82) is 0 Å². The second-order valence-corrected chi connectivity index (χ2v) is 5.21. The first kappa shape index (κ1) is 11.5. The van der Waals surface area contributed by atoms with Crippen LogP contribution in [0.15, 0.2) is 29.2 Å². The molecule has 0 aliphatic carbocycles. The van der Waals surface area contributed by atoms with E-state index in [4.69, 9.17) is 0 Å². The van der Waals surface area contributed by atoms with Crippen molar-refractivity contribution in [3.05, 3.63) is 29.8 Å². The largest absolute Gasteiger partial charge is 0.302 e. The lowest BCUT2D eigenvalue weighted by Crippen LogP contribution is -2.01. The molecule has 0 atom stereocenters. The zero-order chi connectivity index (χ0) is 10.6. The first-order valence-electron chi connectivity index (χ1n) is 4.06. The topological polar surface area (TPSA) is 34.1 Å². The number of aryl methyl sites for hydroxylation is 1. The van der Waals surface area contributed by atoms with Gasteiger partial charge >= 0.3 is 10.2 Å². The molecule has 0 bridgehead atoms. The van der Waals surface area contributed by atoms with E-state index in [1.807, 2.05) is 24.5 Å². The molecule has 1 aromatic rings. The number of benzene rings is 1. The minimum atomic E-state index is -4.35. The summed E-state index contributed by atoms with van der Waals surface area (Å²) >= 11 is 1.57. The summed E-state index contributed by atoms with van der Waals surface area (Å²) < 4.78 is 32.8. The molecular formula is C9H11FO2S2. The Bertz CT molecular complexity index is 401. The molecule has 0 fully saturated rings. The monoisotopic (exact) mass is 234 g/mol. The van der Waals surface area contributed by atoms with Crippen molar-refractivity contribution in [3.8, 4) is 0 Å². The number of hydrogen-bond donors (Lipinski definition) is 0. The summed E-state index contributed by atoms with van der Waals surface area (Å²) in [6.07, 6.45) is 2.16. The summed E-state index contributed by atoms with van der Waals surface area (Å²) in [6.45, 7) is 0. The summed E-state index contributed by atoms with van der Waals surface area (Å²) in [6, 6.07) is 7.44. The Morgan fingerprint density at radius 3 is 2.71 bits per heavy atom. The van der Waals surface area contributed by atoms with E-state index in [9.17, 15) is 12.3 Å². The van der Waals surface area contributed by atoms with Gasteiger partial charge in [-0.2, -0.15) is 8.42 Å². The Hall–Kier alpha value is -0.550. The van der Waals surface area contributed by atoms with Crippen molar-refractivity contribution in [2.45, 2.75) is 11.3 Å². The fraction of sp³-hybridized carbons (Fsp3) is 0.333. The van der Waals surface area contributed by atoms with Crippen LogP contribution in [0.4, 0.5) is 3.89 Å². The second kappa shape index (κ2) is 4.79. The molecule has 0 N–H and O–H groups in total. The molecule has 78 valence electrons. The van der Waals surface area contributed by atoms with E-state index < -0.39 is 16.0 Å². The van der Waals surface area contributed by atoms with Gasteiger partial charge in [0.1, 0.15) is 0 Å². The maximum Gasteiger partial charge on any atom is 0.302 e. The fourth-order valence-corrected chi connectivity index (χ4v) is 2.03. The molecule has 0 aromatic heterocycles. The van der Waals surface area contributed by atoms with Crippen LogP contribution in [0.1, 0.15) is 5.56 Å². The highest BCUT2D eigenvalue weighted by Gasteiger charge is 2.07. The smallest absolute Gasteiger partial charge is 0.195 e. The molecule has 5 heteroatoms. The summed E-state index contributed by atoms with van der Waals surface area (Å²) in [5.41, 5.74) is 0.845. The highest BCUT2D eigenvalue weighted by Crippen LogP contribution is 2.16. The molecule has 0 heterocycles. The number of thioether (sulfide) groups is 1. The van der Waals surface area contributed by atoms with Crippen molar-refractivity contribution in [2.75, 3.05) is 12.0 Å². The van der Waals surface area contributed by atoms with Gasteiger partial charge in [0.2, 0.25) is 0 Å². The molecule has 0 aliphatic rings. The lowest BCUT2D eigenvalue weighted by Gasteiger charge is -2.01. The lowest BCUT2D eigenvalue weighted by molar-refractivity contribution is 0.551. The zero-order valence-electron chi connectivity index (χ0n) is 7.73. The van der Waals surface area contributed by atoms with Gasteiger partial charge in [0.05, 0.1) is 5.75 Å². The maximum atomic E-state index is 12.2. The molecule has 0 spiro atoms. The van der Waals surface area contributed by atoms with E-state index >= 15 is 0 Å². The summed E-state index contributed by atoms with van der Waals surface area (Å²) in [4.78, 5) is 1.05. The van der Waals surface area contributed by atoms with Crippen molar-refractivity contribution in [3.63, 3.8) is 0 Å². The van der Waals surface area contributed by atoms with Gasteiger partial charge in [-0.25, -0.2) is 0 Å². The van der Waals surface area contributed by atoms with Gasteiger partial charge in [-0.05, 0) is 30.4 Å². The van der Waals surface area contributed by atoms with Crippen molar-refractivity contribution in [1.82, 2.24) is 0 Å². The minimum Gasteiger partial charge on any atom is -0.195 e. The second-order valence-electron chi connectivity index (χ2n) is 2.84. The van der Waals surface area contributed by atoms with Crippen molar-refractivity contribution < 1.29 is 12.3 Å². The number of rotatable bonds is 4. The Morgan fingerprint density at radius 2 is 2.14 bits per heavy atom. The number of hydrogen-bond acceptors (Lipinski definition) is 3. The van der Waals surface area contributed by atoms with Crippen LogP contribution in [0.5, 0.6) is 0 Å². The Balaban J connectivity index is 2.68. The third-order valence-electron chi connectivity index (χ3n) is 1.77. The van der Waals surface area contributed by atoms with E-state index in [0.29, 0.717) is 0 Å². The molecule has 0 saturated carbocycles. The molecule has 0 amide bonds. The highest BCUT2D eigenvalue weighted by atomic mass is 32.3. The standard InChI is InChI=1S/C9H11FO2S2/c1-13-9-4-2-3-8(7-9)5-6-14(10,11)12/h2-4,7H,5-6H2,1H3. The molecule has 0 aliphatic heterocycles. The summed E-state index contributed by atoms with van der Waals surface area (Å²) in [5.74, 6) is -0.440. The molecule has 14 heavy (non-hydrogen) atoms. The van der Waals surface area contributed by atoms with Crippen LogP contribution in [-0.2, 0) is 16.6 Å². The van der Waals surface area contributed by atoms with E-state index in [2.05, 4.69) is 0 Å². The van der Waals surface area contributed by atoms with E-state index in [1.165, 1.54) is 0 Å². The van der Waals surface area contributed by atoms with Gasteiger partial charge in [0.15, 0.2) is 0 Å². The van der Waals surface area contributed by atoms with Crippen LogP contribution < -0.4 is 0 Å². The number of halogens is 1. The molecule has 1 aromatic carbocycles. The molecule has 1 rings (SSSR count). The predicted octanol–water partition coefficient (Wildman–Crippen LogP) is 2.25. The van der Waals surface area contributed by atoms with Crippen LogP contribution in [0, 0.1) is 0 Å². The first-order chi connectivity index (χ1) is 6.51. The first-order valence-corrected chi connectivity index (χ1v) is 6.84. The van der Waals surface area contributed by atoms with Gasteiger partial charge in [-0.3, -0.25) is 0 Å². The lowest BCUT2D eigenvalue weighted by atomic mass is 10.2. The summed E-state index contributed by atoms with van der Waals surface area (Å²) in [5, 5.41) is 0. The van der Waals surface area contributed by atoms with Crippen LogP contribution in [0.25, 0.3) is 0 Å². The van der Waals surface area contributed by atoms with E-state index in [1.54, 1.807) is 17.8 Å². The average Bonchev–Trinajstić information content (AvgIpc) is 2.14. The quantitative estimate of drug-likeness (QED) is 0.592. The summed E-state index contributed by atoms with van der Waals surface area (Å²) in [7, 11) is -4.35. The Kier molecular flexibility index (Phi) is 3.95. The Morgan fingerprint density at radius 1 is 1.43 bits per heavy atom. The van der Waals surface area contributed by atoms with Crippen LogP contribution in [0.2, 0.25) is 0 Å². The SMILES string of the molecule is CSc1cccc(CCS(=O)(=O)F)c1. The third kappa shape index (κ3) is 4.11. The molecular weight excluding hydrogens is 223 g/mol. The van der Waals surface area contributed by atoms with Crippen LogP contribution in [0.3, 0.4) is 0 Å². The molecule has 0 saturated heterocycles. The Labute approximate surface area is 87.7 Å². The van der Waals surface area contributed by atoms with Gasteiger partial charge in [0.25, 0.3) is 0 Å². The van der Waals surface area contributed by atoms with Gasteiger partial charge in [-0.15, -0.1) is 15.6 Å². The van der Waals surface area contributed by atoms with Crippen LogP contribution in [-0.4, -0.2) is 20.4 Å². The van der Waals surface area contributed by atoms with Crippen LogP contribution >= 0.6 is 11.8 Å². The molecule has 2 nitrogen and oxygen atoms in total. The zero-order valence-corrected chi connectivity index (χ0v) is 9.37.